The van der Waals surface area contributed by atoms with Crippen molar-refractivity contribution >= 4 is 54.6 Å². The van der Waals surface area contributed by atoms with Gasteiger partial charge in [0.15, 0.2) is 11.5 Å². The minimum Gasteiger partial charge on any atom is -0.495 e. The normalized spacial score (nSPS) is 11.4. The van der Waals surface area contributed by atoms with Gasteiger partial charge in [-0.3, -0.25) is 13.4 Å². The van der Waals surface area contributed by atoms with Crippen LogP contribution in [0.2, 0.25) is 5.02 Å². The van der Waals surface area contributed by atoms with Crippen LogP contribution in [0.25, 0.3) is 0 Å². The molecule has 0 aliphatic heterocycles. The summed E-state index contributed by atoms with van der Waals surface area (Å²) in [6, 6.07) is 14.5. The van der Waals surface area contributed by atoms with Crippen molar-refractivity contribution in [3.63, 3.8) is 0 Å². The van der Waals surface area contributed by atoms with E-state index in [2.05, 4.69) is 5.32 Å². The minimum atomic E-state index is -4.38. The molecule has 0 fully saturated rings. The van der Waals surface area contributed by atoms with Gasteiger partial charge in [0.2, 0.25) is 15.9 Å². The Morgan fingerprint density at radius 1 is 0.872 bits per heavy atom. The number of ether oxygens (including phenoxy) is 3. The predicted molar refractivity (Wildman–Crippen MR) is 150 cm³/mol. The fourth-order valence-corrected chi connectivity index (χ4v) is 5.67. The van der Waals surface area contributed by atoms with Crippen LogP contribution >= 0.6 is 11.6 Å². The molecule has 1 amide bonds. The van der Waals surface area contributed by atoms with Gasteiger partial charge in [0.05, 0.1) is 43.9 Å². The van der Waals surface area contributed by atoms with Gasteiger partial charge in [-0.05, 0) is 48.5 Å². The number of sulfonamides is 2. The molecule has 0 spiro atoms. The van der Waals surface area contributed by atoms with Gasteiger partial charge in [0.25, 0.3) is 10.0 Å². The number of nitrogens with zero attached hydrogens (tertiary/aromatic N) is 2. The Bertz CT molecular complexity index is 1580. The molecular weight excluding hydrogens is 570 g/mol. The molecule has 3 rings (SSSR count). The van der Waals surface area contributed by atoms with Crippen LogP contribution in [0.3, 0.4) is 0 Å². The Morgan fingerprint density at radius 3 is 2.13 bits per heavy atom. The second-order valence-corrected chi connectivity index (χ2v) is 12.5. The first-order valence-corrected chi connectivity index (χ1v) is 14.9. The van der Waals surface area contributed by atoms with E-state index in [0.29, 0.717) is 11.4 Å². The highest BCUT2D eigenvalue weighted by atomic mass is 35.5. The molecule has 11 nitrogen and oxygen atoms in total. The Balaban J connectivity index is 2.04. The first kappa shape index (κ1) is 29.9. The van der Waals surface area contributed by atoms with Gasteiger partial charge in [-0.1, -0.05) is 17.7 Å². The van der Waals surface area contributed by atoms with Gasteiger partial charge in [-0.25, -0.2) is 16.8 Å². The second-order valence-electron chi connectivity index (χ2n) is 8.17. The van der Waals surface area contributed by atoms with E-state index in [9.17, 15) is 21.6 Å². The first-order chi connectivity index (χ1) is 18.3. The van der Waals surface area contributed by atoms with Crippen LogP contribution in [0, 0.1) is 0 Å². The number of nitrogens with one attached hydrogen (secondary N) is 1. The molecule has 0 aliphatic carbocycles. The smallest absolute Gasteiger partial charge is 0.265 e. The third-order valence-corrected chi connectivity index (χ3v) is 8.83. The molecule has 1 N–H and O–H groups in total. The van der Waals surface area contributed by atoms with E-state index >= 15 is 0 Å². The zero-order chi connectivity index (χ0) is 29.0. The predicted octanol–water partition coefficient (Wildman–Crippen LogP) is 3.60. The van der Waals surface area contributed by atoms with Crippen LogP contribution in [0.4, 0.5) is 17.1 Å². The maximum absolute atomic E-state index is 13.9. The summed E-state index contributed by atoms with van der Waals surface area (Å²) in [5, 5.41) is 2.84. The van der Waals surface area contributed by atoms with Crippen LogP contribution in [0.15, 0.2) is 65.6 Å². The summed E-state index contributed by atoms with van der Waals surface area (Å²) in [5.41, 5.74) is 0.594. The van der Waals surface area contributed by atoms with Gasteiger partial charge in [-0.2, -0.15) is 0 Å². The Labute approximate surface area is 232 Å². The van der Waals surface area contributed by atoms with E-state index in [1.807, 2.05) is 0 Å². The maximum Gasteiger partial charge on any atom is 0.265 e. The molecule has 14 heteroatoms. The SMILES string of the molecule is COc1ccc(S(=O)(=O)N(CC(=O)Nc2cccc(N(C)S(C)(=O)=O)c2)c2cc(Cl)ccc2OC)cc1OC. The number of rotatable bonds is 11. The summed E-state index contributed by atoms with van der Waals surface area (Å²) >= 11 is 6.18. The fourth-order valence-electron chi connectivity index (χ4n) is 3.56. The largest absolute Gasteiger partial charge is 0.495 e. The molecule has 0 atom stereocenters. The molecule has 210 valence electrons. The van der Waals surface area contributed by atoms with E-state index < -0.39 is 32.5 Å². The lowest BCUT2D eigenvalue weighted by molar-refractivity contribution is -0.114. The van der Waals surface area contributed by atoms with E-state index in [-0.39, 0.29) is 32.8 Å². The lowest BCUT2D eigenvalue weighted by atomic mass is 10.2. The van der Waals surface area contributed by atoms with Crippen LogP contribution in [-0.4, -0.2) is 63.9 Å². The second kappa shape index (κ2) is 12.0. The molecule has 3 aromatic carbocycles. The number of methoxy groups -OCH3 is 3. The van der Waals surface area contributed by atoms with Crippen molar-refractivity contribution in [2.45, 2.75) is 4.90 Å². The molecule has 0 unspecified atom stereocenters. The van der Waals surface area contributed by atoms with Crippen molar-refractivity contribution in [1.29, 1.82) is 0 Å². The number of hydrogen-bond donors (Lipinski definition) is 1. The van der Waals surface area contributed by atoms with E-state index in [0.717, 1.165) is 14.9 Å². The highest BCUT2D eigenvalue weighted by molar-refractivity contribution is 7.93. The Hall–Kier alpha value is -3.68. The molecule has 0 aromatic heterocycles. The highest BCUT2D eigenvalue weighted by Gasteiger charge is 2.31. The summed E-state index contributed by atoms with van der Waals surface area (Å²) in [6.45, 7) is -0.667. The van der Waals surface area contributed by atoms with Crippen LogP contribution in [0.1, 0.15) is 0 Å². The van der Waals surface area contributed by atoms with Gasteiger partial charge >= 0.3 is 0 Å². The quantitative estimate of drug-likeness (QED) is 0.355. The van der Waals surface area contributed by atoms with Gasteiger partial charge < -0.3 is 19.5 Å². The lowest BCUT2D eigenvalue weighted by Crippen LogP contribution is -2.38. The Kier molecular flexibility index (Phi) is 9.20. The topological polar surface area (TPSA) is 132 Å². The van der Waals surface area contributed by atoms with E-state index in [1.54, 1.807) is 18.2 Å². The zero-order valence-corrected chi connectivity index (χ0v) is 24.2. The van der Waals surface area contributed by atoms with Crippen molar-refractivity contribution in [2.75, 3.05) is 55.1 Å². The summed E-state index contributed by atoms with van der Waals surface area (Å²) in [5.74, 6) is -0.0545. The average molecular weight is 598 g/mol. The van der Waals surface area contributed by atoms with Crippen molar-refractivity contribution in [3.05, 3.63) is 65.7 Å². The number of anilines is 3. The van der Waals surface area contributed by atoms with E-state index in [4.69, 9.17) is 25.8 Å². The maximum atomic E-state index is 13.9. The van der Waals surface area contributed by atoms with Gasteiger partial charge in [0, 0.05) is 23.8 Å². The van der Waals surface area contributed by atoms with Crippen molar-refractivity contribution in [3.8, 4) is 17.2 Å². The third-order valence-electron chi connectivity index (χ3n) is 5.63. The molecule has 0 aliphatic rings. The van der Waals surface area contributed by atoms with Crippen molar-refractivity contribution in [2.24, 2.45) is 0 Å². The fraction of sp³-hybridized carbons (Fsp3) is 0.240. The highest BCUT2D eigenvalue weighted by Crippen LogP contribution is 2.37. The summed E-state index contributed by atoms with van der Waals surface area (Å²) in [4.78, 5) is 13.0. The molecule has 0 saturated heterocycles. The van der Waals surface area contributed by atoms with Gasteiger partial charge in [-0.15, -0.1) is 0 Å². The summed E-state index contributed by atoms with van der Waals surface area (Å²) < 4.78 is 69.4. The zero-order valence-electron chi connectivity index (χ0n) is 21.8. The average Bonchev–Trinajstić information content (AvgIpc) is 2.90. The summed E-state index contributed by atoms with van der Waals surface area (Å²) in [6.07, 6.45) is 1.05. The number of benzene rings is 3. The summed E-state index contributed by atoms with van der Waals surface area (Å²) in [7, 11) is -2.40. The van der Waals surface area contributed by atoms with Crippen LogP contribution in [0.5, 0.6) is 17.2 Å². The molecule has 3 aromatic rings. The minimum absolute atomic E-state index is 0.0282. The van der Waals surface area contributed by atoms with Gasteiger partial charge in [0.1, 0.15) is 12.3 Å². The third kappa shape index (κ3) is 6.85. The molecule has 0 heterocycles. The number of amides is 1. The number of carbonyl (C=O) groups excluding carboxylic acids is 1. The number of carbonyl (C=O) groups is 1. The number of halogens is 1. The van der Waals surface area contributed by atoms with Crippen LogP contribution in [-0.2, 0) is 24.8 Å². The van der Waals surface area contributed by atoms with Crippen molar-refractivity contribution < 1.29 is 35.8 Å². The molecule has 0 saturated carbocycles. The standard InChI is InChI=1S/C25H28ClN3O8S2/c1-28(38(5,31)32)19-8-6-7-18(14-19)27-25(30)16-29(21-13-17(26)9-11-22(21)35-2)39(33,34)20-10-12-23(36-3)24(15-20)37-4/h6-15H,16H2,1-5H3,(H,27,30). The first-order valence-electron chi connectivity index (χ1n) is 11.2. The lowest BCUT2D eigenvalue weighted by Gasteiger charge is -2.26. The number of hydrogen-bond acceptors (Lipinski definition) is 8. The monoisotopic (exact) mass is 597 g/mol. The molecule has 0 bridgehead atoms. The van der Waals surface area contributed by atoms with Crippen LogP contribution < -0.4 is 28.1 Å². The molecule has 0 radical (unpaired) electrons. The Morgan fingerprint density at radius 2 is 1.51 bits per heavy atom. The molecule has 39 heavy (non-hydrogen) atoms. The van der Waals surface area contributed by atoms with E-state index in [1.165, 1.54) is 70.8 Å². The molecular formula is C25H28ClN3O8S2. The van der Waals surface area contributed by atoms with Crippen molar-refractivity contribution in [1.82, 2.24) is 0 Å².